The lowest BCUT2D eigenvalue weighted by Crippen LogP contribution is -1.97. The molecule has 0 radical (unpaired) electrons. The number of carbonyl (C=O) groups is 1. The minimum atomic E-state index is -0.169. The van der Waals surface area contributed by atoms with Crippen LogP contribution in [0.25, 0.3) is 6.08 Å². The summed E-state index contributed by atoms with van der Waals surface area (Å²) < 4.78 is 20.9. The quantitative estimate of drug-likeness (QED) is 0.574. The Morgan fingerprint density at radius 1 is 0.792 bits per heavy atom. The van der Waals surface area contributed by atoms with Gasteiger partial charge in [0.2, 0.25) is 0 Å². The zero-order chi connectivity index (χ0) is 17.5. The highest BCUT2D eigenvalue weighted by Crippen LogP contribution is 2.26. The molecule has 126 valence electrons. The predicted molar refractivity (Wildman–Crippen MR) is 92.5 cm³/mol. The maximum absolute atomic E-state index is 12.4. The van der Waals surface area contributed by atoms with E-state index in [0.717, 1.165) is 5.56 Å². The summed E-state index contributed by atoms with van der Waals surface area (Å²) in [5, 5.41) is 0. The molecule has 5 heteroatoms. The number of rotatable bonds is 7. The second kappa shape index (κ2) is 8.06. The third kappa shape index (κ3) is 4.07. The lowest BCUT2D eigenvalue weighted by Gasteiger charge is -2.08. The third-order valence-corrected chi connectivity index (χ3v) is 3.49. The van der Waals surface area contributed by atoms with Gasteiger partial charge < -0.3 is 18.9 Å². The van der Waals surface area contributed by atoms with Crippen molar-refractivity contribution in [3.63, 3.8) is 0 Å². The Bertz CT molecular complexity index is 727. The van der Waals surface area contributed by atoms with Crippen LogP contribution in [-0.4, -0.2) is 34.2 Å². The molecule has 2 rings (SSSR count). The lowest BCUT2D eigenvalue weighted by molar-refractivity contribution is 0.104. The summed E-state index contributed by atoms with van der Waals surface area (Å²) in [4.78, 5) is 12.4. The predicted octanol–water partition coefficient (Wildman–Crippen LogP) is 3.62. The lowest BCUT2D eigenvalue weighted by atomic mass is 10.1. The van der Waals surface area contributed by atoms with Crippen LogP contribution >= 0.6 is 0 Å². The van der Waals surface area contributed by atoms with Crippen molar-refractivity contribution in [2.45, 2.75) is 0 Å². The fourth-order valence-electron chi connectivity index (χ4n) is 2.18. The van der Waals surface area contributed by atoms with Crippen molar-refractivity contribution >= 4 is 11.9 Å². The summed E-state index contributed by atoms with van der Waals surface area (Å²) in [5.41, 5.74) is 1.23. The van der Waals surface area contributed by atoms with Crippen LogP contribution < -0.4 is 18.9 Å². The van der Waals surface area contributed by atoms with Gasteiger partial charge in [0.15, 0.2) is 5.78 Å². The van der Waals surface area contributed by atoms with Crippen LogP contribution in [0.15, 0.2) is 42.5 Å². The van der Waals surface area contributed by atoms with Gasteiger partial charge in [-0.05, 0) is 42.5 Å². The van der Waals surface area contributed by atoms with Gasteiger partial charge in [-0.3, -0.25) is 4.79 Å². The van der Waals surface area contributed by atoms with Crippen LogP contribution in [0.2, 0.25) is 0 Å². The molecule has 0 fully saturated rings. The summed E-state index contributed by atoms with van der Waals surface area (Å²) in [7, 11) is 6.25. The Kier molecular flexibility index (Phi) is 5.84. The SMILES string of the molecule is COc1cc(OC)cc(C(=O)/C=C/c2cc(OC)ccc2OC)c1. The highest BCUT2D eigenvalue weighted by atomic mass is 16.5. The normalized spacial score (nSPS) is 10.5. The Balaban J connectivity index is 2.31. The van der Waals surface area contributed by atoms with E-state index in [1.165, 1.54) is 6.08 Å². The maximum atomic E-state index is 12.4. The number of methoxy groups -OCH3 is 4. The molecule has 0 aliphatic rings. The van der Waals surface area contributed by atoms with Crippen LogP contribution in [0.5, 0.6) is 23.0 Å². The first-order chi connectivity index (χ1) is 11.6. The molecule has 5 nitrogen and oxygen atoms in total. The molecular formula is C19H20O5. The molecule has 2 aromatic carbocycles. The molecule has 0 saturated heterocycles. The first-order valence-electron chi connectivity index (χ1n) is 7.28. The molecule has 0 amide bonds. The van der Waals surface area contributed by atoms with E-state index in [0.29, 0.717) is 28.6 Å². The summed E-state index contributed by atoms with van der Waals surface area (Å²) in [5.74, 6) is 2.29. The molecule has 0 bridgehead atoms. The number of hydrogen-bond acceptors (Lipinski definition) is 5. The van der Waals surface area contributed by atoms with Crippen LogP contribution in [0, 0.1) is 0 Å². The van der Waals surface area contributed by atoms with E-state index in [1.54, 1.807) is 70.9 Å². The largest absolute Gasteiger partial charge is 0.497 e. The molecule has 24 heavy (non-hydrogen) atoms. The van der Waals surface area contributed by atoms with Crippen LogP contribution in [0.1, 0.15) is 15.9 Å². The second-order valence-corrected chi connectivity index (χ2v) is 4.91. The standard InChI is InChI=1S/C19H20O5/c1-21-15-6-8-19(24-4)13(9-15)5-7-18(20)14-10-16(22-2)12-17(11-14)23-3/h5-12H,1-4H3/b7-5+. The van der Waals surface area contributed by atoms with Crippen molar-refractivity contribution in [2.75, 3.05) is 28.4 Å². The van der Waals surface area contributed by atoms with Crippen LogP contribution in [0.4, 0.5) is 0 Å². The molecule has 0 aliphatic heterocycles. The van der Waals surface area contributed by atoms with Crippen LogP contribution in [-0.2, 0) is 0 Å². The van der Waals surface area contributed by atoms with Gasteiger partial charge in [-0.25, -0.2) is 0 Å². The Labute approximate surface area is 141 Å². The average molecular weight is 328 g/mol. The number of ketones is 1. The van der Waals surface area contributed by atoms with Crippen LogP contribution in [0.3, 0.4) is 0 Å². The smallest absolute Gasteiger partial charge is 0.186 e. The molecule has 0 N–H and O–H groups in total. The highest BCUT2D eigenvalue weighted by molar-refractivity contribution is 6.07. The number of carbonyl (C=O) groups excluding carboxylic acids is 1. The second-order valence-electron chi connectivity index (χ2n) is 4.91. The van der Waals surface area contributed by atoms with E-state index in [9.17, 15) is 4.79 Å². The summed E-state index contributed by atoms with van der Waals surface area (Å²) in [6, 6.07) is 10.4. The number of benzene rings is 2. The van der Waals surface area contributed by atoms with E-state index in [2.05, 4.69) is 0 Å². The van der Waals surface area contributed by atoms with Crippen molar-refractivity contribution in [1.82, 2.24) is 0 Å². The fourth-order valence-corrected chi connectivity index (χ4v) is 2.18. The van der Waals surface area contributed by atoms with E-state index in [1.807, 2.05) is 0 Å². The van der Waals surface area contributed by atoms with Gasteiger partial charge in [-0.2, -0.15) is 0 Å². The first kappa shape index (κ1) is 17.4. The minimum Gasteiger partial charge on any atom is -0.497 e. The molecule has 0 atom stereocenters. The van der Waals surface area contributed by atoms with Crippen molar-refractivity contribution in [1.29, 1.82) is 0 Å². The van der Waals surface area contributed by atoms with Crippen molar-refractivity contribution in [3.05, 3.63) is 53.6 Å². The zero-order valence-corrected chi connectivity index (χ0v) is 14.2. The summed E-state index contributed by atoms with van der Waals surface area (Å²) in [6.45, 7) is 0. The number of allylic oxidation sites excluding steroid dienone is 1. The third-order valence-electron chi connectivity index (χ3n) is 3.49. The van der Waals surface area contributed by atoms with E-state index in [4.69, 9.17) is 18.9 Å². The van der Waals surface area contributed by atoms with Crippen molar-refractivity contribution < 1.29 is 23.7 Å². The summed E-state index contributed by atoms with van der Waals surface area (Å²) >= 11 is 0. The molecule has 0 unspecified atom stereocenters. The van der Waals surface area contributed by atoms with Gasteiger partial charge >= 0.3 is 0 Å². The first-order valence-corrected chi connectivity index (χ1v) is 7.28. The van der Waals surface area contributed by atoms with Gasteiger partial charge in [0.05, 0.1) is 28.4 Å². The Hall–Kier alpha value is -2.95. The molecule has 0 saturated carbocycles. The molecular weight excluding hydrogens is 308 g/mol. The average Bonchev–Trinajstić information content (AvgIpc) is 2.65. The zero-order valence-electron chi connectivity index (χ0n) is 14.2. The van der Waals surface area contributed by atoms with Gasteiger partial charge in [0.1, 0.15) is 23.0 Å². The fraction of sp³-hybridized carbons (Fsp3) is 0.211. The van der Waals surface area contributed by atoms with Crippen molar-refractivity contribution in [3.8, 4) is 23.0 Å². The van der Waals surface area contributed by atoms with Gasteiger partial charge in [-0.1, -0.05) is 0 Å². The maximum Gasteiger partial charge on any atom is 0.186 e. The van der Waals surface area contributed by atoms with E-state index < -0.39 is 0 Å². The molecule has 2 aromatic rings. The van der Waals surface area contributed by atoms with E-state index in [-0.39, 0.29) is 5.78 Å². The topological polar surface area (TPSA) is 54.0 Å². The van der Waals surface area contributed by atoms with Gasteiger partial charge in [0.25, 0.3) is 0 Å². The van der Waals surface area contributed by atoms with Gasteiger partial charge in [-0.15, -0.1) is 0 Å². The molecule has 0 aromatic heterocycles. The highest BCUT2D eigenvalue weighted by Gasteiger charge is 2.08. The Morgan fingerprint density at radius 2 is 1.42 bits per heavy atom. The van der Waals surface area contributed by atoms with E-state index >= 15 is 0 Å². The van der Waals surface area contributed by atoms with Gasteiger partial charge in [0, 0.05) is 17.2 Å². The molecule has 0 spiro atoms. The minimum absolute atomic E-state index is 0.169. The number of hydrogen-bond donors (Lipinski definition) is 0. The molecule has 0 aliphatic carbocycles. The monoisotopic (exact) mass is 328 g/mol. The van der Waals surface area contributed by atoms with Crippen molar-refractivity contribution in [2.24, 2.45) is 0 Å². The Morgan fingerprint density at radius 3 is 1.96 bits per heavy atom. The number of ether oxygens (including phenoxy) is 4. The summed E-state index contributed by atoms with van der Waals surface area (Å²) in [6.07, 6.45) is 3.17. The molecule has 0 heterocycles.